The number of rotatable bonds is 18. The van der Waals surface area contributed by atoms with Crippen LogP contribution in [-0.2, 0) is 0 Å². The Morgan fingerprint density at radius 1 is 0.833 bits per heavy atom. The van der Waals surface area contributed by atoms with Gasteiger partial charge in [-0.25, -0.2) is 0 Å². The monoisotopic (exact) mass is 335 g/mol. The molecule has 3 nitrogen and oxygen atoms in total. The highest BCUT2D eigenvalue weighted by atomic mass is 15.4. The fraction of sp³-hybridized carbons (Fsp3) is 0.714. The summed E-state index contributed by atoms with van der Waals surface area (Å²) in [5, 5.41) is 3.43. The van der Waals surface area contributed by atoms with Gasteiger partial charge in [0.1, 0.15) is 5.79 Å². The second kappa shape index (κ2) is 15.6. The van der Waals surface area contributed by atoms with Crippen LogP contribution in [0.4, 0.5) is 0 Å². The van der Waals surface area contributed by atoms with Crippen molar-refractivity contribution in [1.82, 2.24) is 10.2 Å². The largest absolute Gasteiger partial charge is 0.301 e. The first-order valence-electron chi connectivity index (χ1n) is 9.76. The van der Waals surface area contributed by atoms with E-state index in [1.54, 1.807) is 0 Å². The summed E-state index contributed by atoms with van der Waals surface area (Å²) in [6, 6.07) is 0. The Morgan fingerprint density at radius 2 is 1.33 bits per heavy atom. The molecule has 1 unspecified atom stereocenters. The van der Waals surface area contributed by atoms with Gasteiger partial charge in [0.25, 0.3) is 0 Å². The molecule has 140 valence electrons. The number of hydrogen-bond acceptors (Lipinski definition) is 3. The zero-order valence-electron chi connectivity index (χ0n) is 16.1. The Labute approximate surface area is 151 Å². The molecule has 0 aromatic carbocycles. The molecular weight excluding hydrogens is 294 g/mol. The fourth-order valence-electron chi connectivity index (χ4n) is 3.02. The Morgan fingerprint density at radius 3 is 1.79 bits per heavy atom. The van der Waals surface area contributed by atoms with Gasteiger partial charge in [-0.05, 0) is 12.8 Å². The zero-order valence-corrected chi connectivity index (χ0v) is 16.1. The molecule has 0 aromatic rings. The zero-order chi connectivity index (χ0) is 18.1. The number of unbranched alkanes of at least 4 members (excludes halogenated alkanes) is 8. The van der Waals surface area contributed by atoms with Crippen LogP contribution in [0.1, 0.15) is 71.1 Å². The maximum absolute atomic E-state index is 6.67. The van der Waals surface area contributed by atoms with E-state index >= 15 is 0 Å². The molecule has 0 aliphatic heterocycles. The lowest BCUT2D eigenvalue weighted by Crippen LogP contribution is -2.65. The van der Waals surface area contributed by atoms with Crippen LogP contribution < -0.4 is 11.1 Å². The van der Waals surface area contributed by atoms with Gasteiger partial charge < -0.3 is 5.73 Å². The molecule has 0 saturated carbocycles. The van der Waals surface area contributed by atoms with E-state index in [1.165, 1.54) is 51.4 Å². The molecule has 0 rings (SSSR count). The number of hydrogen-bond donors (Lipinski definition) is 2. The molecule has 0 saturated heterocycles. The summed E-state index contributed by atoms with van der Waals surface area (Å²) in [5.41, 5.74) is 6.67. The van der Waals surface area contributed by atoms with Gasteiger partial charge in [-0.1, -0.05) is 76.5 Å². The van der Waals surface area contributed by atoms with E-state index in [0.717, 1.165) is 25.9 Å². The molecule has 3 heteroatoms. The molecule has 3 N–H and O–H groups in total. The van der Waals surface area contributed by atoms with Crippen molar-refractivity contribution in [1.29, 1.82) is 0 Å². The van der Waals surface area contributed by atoms with Crippen LogP contribution in [0.15, 0.2) is 38.0 Å². The molecule has 0 aliphatic carbocycles. The number of nitrogens with two attached hydrogens (primary N) is 1. The minimum absolute atomic E-state index is 0.516. The van der Waals surface area contributed by atoms with Crippen molar-refractivity contribution in [3.05, 3.63) is 38.0 Å². The lowest BCUT2D eigenvalue weighted by atomic mass is 10.0. The highest BCUT2D eigenvalue weighted by Gasteiger charge is 2.29. The van der Waals surface area contributed by atoms with Crippen LogP contribution in [0, 0.1) is 0 Å². The van der Waals surface area contributed by atoms with Crippen molar-refractivity contribution in [2.45, 2.75) is 76.9 Å². The molecule has 24 heavy (non-hydrogen) atoms. The van der Waals surface area contributed by atoms with Gasteiger partial charge in [-0.15, -0.1) is 19.7 Å². The maximum Gasteiger partial charge on any atom is 0.124 e. The first-order chi connectivity index (χ1) is 11.6. The Bertz CT molecular complexity index is 317. The molecule has 1 atom stereocenters. The summed E-state index contributed by atoms with van der Waals surface area (Å²) in [6.07, 6.45) is 18.5. The second-order valence-corrected chi connectivity index (χ2v) is 6.65. The lowest BCUT2D eigenvalue weighted by molar-refractivity contribution is 0.0741. The fourth-order valence-corrected chi connectivity index (χ4v) is 3.02. The second-order valence-electron chi connectivity index (χ2n) is 6.65. The van der Waals surface area contributed by atoms with Crippen LogP contribution >= 0.6 is 0 Å². The number of nitrogens with one attached hydrogen (secondary N) is 1. The Hall–Kier alpha value is -0.900. The summed E-state index contributed by atoms with van der Waals surface area (Å²) in [4.78, 5) is 2.20. The summed E-state index contributed by atoms with van der Waals surface area (Å²) in [7, 11) is 0. The SMILES string of the molecule is C=CCNC(N)(CCCCCCCCCCC)N(CC=C)CC=C. The van der Waals surface area contributed by atoms with E-state index in [-0.39, 0.29) is 0 Å². The van der Waals surface area contributed by atoms with Crippen molar-refractivity contribution >= 4 is 0 Å². The predicted molar refractivity (Wildman–Crippen MR) is 109 cm³/mol. The first-order valence-corrected chi connectivity index (χ1v) is 9.76. The summed E-state index contributed by atoms with van der Waals surface area (Å²) in [6.45, 7) is 16.0. The molecule has 0 amide bonds. The molecule has 0 aliphatic rings. The van der Waals surface area contributed by atoms with E-state index in [9.17, 15) is 0 Å². The molecular formula is C21H41N3. The van der Waals surface area contributed by atoms with Gasteiger partial charge in [0.05, 0.1) is 0 Å². The predicted octanol–water partition coefficient (Wildman–Crippen LogP) is 4.97. The third-order valence-corrected chi connectivity index (χ3v) is 4.48. The third-order valence-electron chi connectivity index (χ3n) is 4.48. The normalized spacial score (nSPS) is 13.6. The van der Waals surface area contributed by atoms with Gasteiger partial charge in [-0.3, -0.25) is 10.2 Å². The van der Waals surface area contributed by atoms with E-state index in [4.69, 9.17) is 5.73 Å². The van der Waals surface area contributed by atoms with Crippen LogP contribution in [0.3, 0.4) is 0 Å². The minimum atomic E-state index is -0.516. The molecule has 0 fully saturated rings. The topological polar surface area (TPSA) is 41.3 Å². The van der Waals surface area contributed by atoms with Crippen LogP contribution in [0.5, 0.6) is 0 Å². The van der Waals surface area contributed by atoms with E-state index in [1.807, 2.05) is 18.2 Å². The van der Waals surface area contributed by atoms with Crippen molar-refractivity contribution in [2.75, 3.05) is 19.6 Å². The van der Waals surface area contributed by atoms with Crippen LogP contribution in [-0.4, -0.2) is 30.3 Å². The average Bonchev–Trinajstić information content (AvgIpc) is 2.58. The standard InChI is InChI=1S/C21H41N3/c1-5-9-10-11-12-13-14-15-16-17-21(22,23-18-6-2)24(19-7-3)20-8-4/h6-8,23H,2-5,9-20,22H2,1H3. The van der Waals surface area contributed by atoms with Crippen LogP contribution in [0.2, 0.25) is 0 Å². The van der Waals surface area contributed by atoms with Crippen molar-refractivity contribution in [3.8, 4) is 0 Å². The molecule has 0 spiro atoms. The smallest absolute Gasteiger partial charge is 0.124 e. The first kappa shape index (κ1) is 23.1. The highest BCUT2D eigenvalue weighted by molar-refractivity contribution is 4.92. The van der Waals surface area contributed by atoms with Gasteiger partial charge >= 0.3 is 0 Å². The molecule has 0 radical (unpaired) electrons. The van der Waals surface area contributed by atoms with E-state index in [0.29, 0.717) is 6.54 Å². The third kappa shape index (κ3) is 10.8. The van der Waals surface area contributed by atoms with E-state index < -0.39 is 5.79 Å². The van der Waals surface area contributed by atoms with Crippen molar-refractivity contribution in [3.63, 3.8) is 0 Å². The maximum atomic E-state index is 6.67. The average molecular weight is 336 g/mol. The quantitative estimate of drug-likeness (QED) is 0.211. The van der Waals surface area contributed by atoms with Crippen molar-refractivity contribution < 1.29 is 0 Å². The van der Waals surface area contributed by atoms with Crippen molar-refractivity contribution in [2.24, 2.45) is 5.73 Å². The summed E-state index contributed by atoms with van der Waals surface area (Å²) in [5.74, 6) is -0.516. The van der Waals surface area contributed by atoms with Crippen LogP contribution in [0.25, 0.3) is 0 Å². The van der Waals surface area contributed by atoms with E-state index in [2.05, 4.69) is 36.9 Å². The lowest BCUT2D eigenvalue weighted by Gasteiger charge is -2.41. The summed E-state index contributed by atoms with van der Waals surface area (Å²) >= 11 is 0. The number of nitrogens with zero attached hydrogens (tertiary/aromatic N) is 1. The Kier molecular flexibility index (Phi) is 15.0. The van der Waals surface area contributed by atoms with Gasteiger partial charge in [0.2, 0.25) is 0 Å². The minimum Gasteiger partial charge on any atom is -0.301 e. The molecule has 0 heterocycles. The Balaban J connectivity index is 4.19. The van der Waals surface area contributed by atoms with Gasteiger partial charge in [0, 0.05) is 19.6 Å². The highest BCUT2D eigenvalue weighted by Crippen LogP contribution is 2.17. The molecule has 0 aromatic heterocycles. The summed E-state index contributed by atoms with van der Waals surface area (Å²) < 4.78 is 0. The van der Waals surface area contributed by atoms with Gasteiger partial charge in [0.15, 0.2) is 0 Å². The van der Waals surface area contributed by atoms with Gasteiger partial charge in [-0.2, -0.15) is 0 Å². The molecule has 0 bridgehead atoms.